The molecule has 3 rings (SSSR count). The van der Waals surface area contributed by atoms with E-state index in [0.29, 0.717) is 30.8 Å². The second kappa shape index (κ2) is 8.14. The number of benzene rings is 1. The molecule has 6 heteroatoms. The summed E-state index contributed by atoms with van der Waals surface area (Å²) in [6.07, 6.45) is 3.99. The Morgan fingerprint density at radius 3 is 2.62 bits per heavy atom. The van der Waals surface area contributed by atoms with E-state index in [-0.39, 0.29) is 11.9 Å². The lowest BCUT2D eigenvalue weighted by Gasteiger charge is -2.28. The fourth-order valence-electron chi connectivity index (χ4n) is 4.00. The Morgan fingerprint density at radius 1 is 1.27 bits per heavy atom. The van der Waals surface area contributed by atoms with E-state index in [9.17, 15) is 9.18 Å². The second-order valence-electron chi connectivity index (χ2n) is 7.75. The van der Waals surface area contributed by atoms with Crippen LogP contribution in [0.5, 0.6) is 0 Å². The Kier molecular flexibility index (Phi) is 5.89. The van der Waals surface area contributed by atoms with Gasteiger partial charge in [0.25, 0.3) is 5.91 Å². The monoisotopic (exact) mass is 362 g/mol. The minimum absolute atomic E-state index is 0.100. The Hall–Kier alpha value is -1.98. The molecule has 0 unspecified atom stereocenters. The predicted molar refractivity (Wildman–Crippen MR) is 106 cm³/mol. The third-order valence-electron chi connectivity index (χ3n) is 5.60. The number of rotatable bonds is 5. The SMILES string of the molecule is CCNc1cc(N2CC[C@@H](F)C2)c(C(=O)N[C@H]2CC[C@H](C)CC2)cc1N. The van der Waals surface area contributed by atoms with Gasteiger partial charge >= 0.3 is 0 Å². The zero-order valence-electron chi connectivity index (χ0n) is 15.9. The van der Waals surface area contributed by atoms with Gasteiger partial charge < -0.3 is 21.3 Å². The number of nitrogens with two attached hydrogens (primary N) is 1. The van der Waals surface area contributed by atoms with Crippen LogP contribution < -0.4 is 21.3 Å². The lowest BCUT2D eigenvalue weighted by Crippen LogP contribution is -2.38. The van der Waals surface area contributed by atoms with Crippen molar-refractivity contribution in [2.75, 3.05) is 35.6 Å². The smallest absolute Gasteiger partial charge is 0.253 e. The van der Waals surface area contributed by atoms with Crippen molar-refractivity contribution in [2.24, 2.45) is 5.92 Å². The highest BCUT2D eigenvalue weighted by molar-refractivity contribution is 6.02. The van der Waals surface area contributed by atoms with Gasteiger partial charge in [-0.05, 0) is 57.1 Å². The van der Waals surface area contributed by atoms with Crippen LogP contribution in [0.15, 0.2) is 12.1 Å². The number of carbonyl (C=O) groups is 1. The highest BCUT2D eigenvalue weighted by Gasteiger charge is 2.28. The van der Waals surface area contributed by atoms with Gasteiger partial charge in [0.2, 0.25) is 0 Å². The minimum Gasteiger partial charge on any atom is -0.397 e. The van der Waals surface area contributed by atoms with E-state index < -0.39 is 6.17 Å². The molecule has 0 bridgehead atoms. The third kappa shape index (κ3) is 4.22. The van der Waals surface area contributed by atoms with Crippen molar-refractivity contribution < 1.29 is 9.18 Å². The van der Waals surface area contributed by atoms with Crippen molar-refractivity contribution >= 4 is 23.0 Å². The number of halogens is 1. The van der Waals surface area contributed by atoms with Gasteiger partial charge in [-0.25, -0.2) is 4.39 Å². The van der Waals surface area contributed by atoms with E-state index in [1.807, 2.05) is 17.9 Å². The van der Waals surface area contributed by atoms with Crippen LogP contribution in [-0.4, -0.2) is 37.8 Å². The molecule has 144 valence electrons. The van der Waals surface area contributed by atoms with Crippen LogP contribution in [-0.2, 0) is 0 Å². The topological polar surface area (TPSA) is 70.4 Å². The Morgan fingerprint density at radius 2 is 2.00 bits per heavy atom. The summed E-state index contributed by atoms with van der Waals surface area (Å²) in [7, 11) is 0. The van der Waals surface area contributed by atoms with Gasteiger partial charge in [-0.3, -0.25) is 4.79 Å². The van der Waals surface area contributed by atoms with Crippen LogP contribution in [0.25, 0.3) is 0 Å². The van der Waals surface area contributed by atoms with E-state index in [1.165, 1.54) is 0 Å². The molecular weight excluding hydrogens is 331 g/mol. The van der Waals surface area contributed by atoms with Gasteiger partial charge in [0.05, 0.1) is 22.6 Å². The fraction of sp³-hybridized carbons (Fsp3) is 0.650. The molecule has 1 amide bonds. The summed E-state index contributed by atoms with van der Waals surface area (Å²) < 4.78 is 13.7. The molecule has 1 saturated carbocycles. The number of nitrogens with one attached hydrogen (secondary N) is 2. The molecule has 5 nitrogen and oxygen atoms in total. The highest BCUT2D eigenvalue weighted by atomic mass is 19.1. The third-order valence-corrected chi connectivity index (χ3v) is 5.60. The van der Waals surface area contributed by atoms with Gasteiger partial charge in [0.15, 0.2) is 0 Å². The summed E-state index contributed by atoms with van der Waals surface area (Å²) in [5.41, 5.74) is 8.83. The molecule has 1 aliphatic heterocycles. The summed E-state index contributed by atoms with van der Waals surface area (Å²) >= 11 is 0. The fourth-order valence-corrected chi connectivity index (χ4v) is 4.00. The summed E-state index contributed by atoms with van der Waals surface area (Å²) in [6.45, 7) is 5.95. The van der Waals surface area contributed by atoms with Crippen LogP contribution in [0.1, 0.15) is 56.3 Å². The van der Waals surface area contributed by atoms with Gasteiger partial charge in [0, 0.05) is 25.7 Å². The lowest BCUT2D eigenvalue weighted by atomic mass is 9.87. The van der Waals surface area contributed by atoms with Crippen molar-refractivity contribution in [3.8, 4) is 0 Å². The lowest BCUT2D eigenvalue weighted by molar-refractivity contribution is 0.0923. The molecule has 1 aromatic rings. The minimum atomic E-state index is -0.842. The number of hydrogen-bond donors (Lipinski definition) is 3. The highest BCUT2D eigenvalue weighted by Crippen LogP contribution is 2.33. The van der Waals surface area contributed by atoms with Crippen molar-refractivity contribution in [1.29, 1.82) is 0 Å². The maximum Gasteiger partial charge on any atom is 0.253 e. The molecule has 1 aromatic carbocycles. The molecule has 1 aliphatic carbocycles. The summed E-state index contributed by atoms with van der Waals surface area (Å²) in [6, 6.07) is 3.85. The number of anilines is 3. The first kappa shape index (κ1) is 18.8. The number of hydrogen-bond acceptors (Lipinski definition) is 4. The van der Waals surface area contributed by atoms with E-state index >= 15 is 0 Å². The zero-order chi connectivity index (χ0) is 18.7. The van der Waals surface area contributed by atoms with Gasteiger partial charge in [-0.2, -0.15) is 0 Å². The van der Waals surface area contributed by atoms with E-state index in [4.69, 9.17) is 5.73 Å². The molecule has 0 radical (unpaired) electrons. The molecule has 1 atom stereocenters. The maximum absolute atomic E-state index is 13.7. The van der Waals surface area contributed by atoms with Crippen LogP contribution in [0.2, 0.25) is 0 Å². The largest absolute Gasteiger partial charge is 0.397 e. The molecule has 1 saturated heterocycles. The van der Waals surface area contributed by atoms with Crippen molar-refractivity contribution in [3.05, 3.63) is 17.7 Å². The zero-order valence-corrected chi connectivity index (χ0v) is 15.9. The van der Waals surface area contributed by atoms with Gasteiger partial charge in [0.1, 0.15) is 6.17 Å². The van der Waals surface area contributed by atoms with Gasteiger partial charge in [-0.15, -0.1) is 0 Å². The van der Waals surface area contributed by atoms with Crippen LogP contribution in [0.3, 0.4) is 0 Å². The molecule has 0 spiro atoms. The quantitative estimate of drug-likeness (QED) is 0.701. The number of nitrogen functional groups attached to an aromatic ring is 1. The molecule has 26 heavy (non-hydrogen) atoms. The van der Waals surface area contributed by atoms with Crippen molar-refractivity contribution in [3.63, 3.8) is 0 Å². The van der Waals surface area contributed by atoms with Crippen LogP contribution in [0.4, 0.5) is 21.5 Å². The Bertz CT molecular complexity index is 643. The first-order valence-electron chi connectivity index (χ1n) is 9.85. The number of alkyl halides is 1. The van der Waals surface area contributed by atoms with Crippen LogP contribution >= 0.6 is 0 Å². The second-order valence-corrected chi connectivity index (χ2v) is 7.75. The Labute approximate surface area is 155 Å². The van der Waals surface area contributed by atoms with E-state index in [2.05, 4.69) is 17.6 Å². The summed E-state index contributed by atoms with van der Waals surface area (Å²) in [5.74, 6) is 0.636. The van der Waals surface area contributed by atoms with E-state index in [0.717, 1.165) is 49.5 Å². The molecule has 2 aliphatic rings. The average molecular weight is 362 g/mol. The first-order valence-corrected chi connectivity index (χ1v) is 9.85. The maximum atomic E-state index is 13.7. The molecule has 4 N–H and O–H groups in total. The van der Waals surface area contributed by atoms with Crippen molar-refractivity contribution in [1.82, 2.24) is 5.32 Å². The standard InChI is InChI=1S/C20H31FN4O/c1-3-23-18-11-19(25-9-8-14(21)12-25)16(10-17(18)22)20(26)24-15-6-4-13(2)5-7-15/h10-11,13-15,23H,3-9,12,22H2,1-2H3,(H,24,26)/t13-,14-,15-/m1/s1. The Balaban J connectivity index is 1.84. The number of carbonyl (C=O) groups excluding carboxylic acids is 1. The van der Waals surface area contributed by atoms with Crippen LogP contribution in [0, 0.1) is 5.92 Å². The first-order chi connectivity index (χ1) is 12.5. The predicted octanol–water partition coefficient (Wildman–Crippen LogP) is 3.56. The van der Waals surface area contributed by atoms with E-state index in [1.54, 1.807) is 6.07 Å². The molecular formula is C20H31FN4O. The molecule has 1 heterocycles. The molecule has 2 fully saturated rings. The number of nitrogens with zero attached hydrogens (tertiary/aromatic N) is 1. The average Bonchev–Trinajstić information content (AvgIpc) is 3.05. The van der Waals surface area contributed by atoms with Crippen molar-refractivity contribution in [2.45, 2.75) is 58.2 Å². The van der Waals surface area contributed by atoms with Gasteiger partial charge in [-0.1, -0.05) is 6.92 Å². The molecule has 0 aromatic heterocycles. The summed E-state index contributed by atoms with van der Waals surface area (Å²) in [4.78, 5) is 14.9. The normalized spacial score (nSPS) is 26.0. The number of amides is 1. The summed E-state index contributed by atoms with van der Waals surface area (Å²) in [5, 5.41) is 6.40.